The lowest BCUT2D eigenvalue weighted by Gasteiger charge is -2.26. The molecule has 4 heteroatoms. The van der Waals surface area contributed by atoms with Gasteiger partial charge in [-0.05, 0) is 37.8 Å². The van der Waals surface area contributed by atoms with Gasteiger partial charge in [-0.15, -0.1) is 0 Å². The van der Waals surface area contributed by atoms with E-state index in [1.54, 1.807) is 6.92 Å². The van der Waals surface area contributed by atoms with Gasteiger partial charge < -0.3 is 10.6 Å². The molecule has 98 valence electrons. The van der Waals surface area contributed by atoms with E-state index in [4.69, 9.17) is 17.3 Å². The van der Waals surface area contributed by atoms with Crippen molar-refractivity contribution in [2.24, 2.45) is 5.73 Å². The summed E-state index contributed by atoms with van der Waals surface area (Å²) in [4.78, 5) is 13.9. The molecule has 18 heavy (non-hydrogen) atoms. The Morgan fingerprint density at radius 1 is 1.56 bits per heavy atom. The van der Waals surface area contributed by atoms with Crippen molar-refractivity contribution < 1.29 is 4.79 Å². The second kappa shape index (κ2) is 5.72. The highest BCUT2D eigenvalue weighted by molar-refractivity contribution is 6.31. The largest absolute Gasteiger partial charge is 0.338 e. The minimum absolute atomic E-state index is 0.0459. The summed E-state index contributed by atoms with van der Waals surface area (Å²) in [6.45, 7) is 2.56. The van der Waals surface area contributed by atoms with E-state index in [1.807, 2.05) is 29.2 Å². The number of benzene rings is 1. The molecule has 0 saturated carbocycles. The van der Waals surface area contributed by atoms with Crippen LogP contribution in [0.3, 0.4) is 0 Å². The van der Waals surface area contributed by atoms with E-state index in [1.165, 1.54) is 0 Å². The van der Waals surface area contributed by atoms with Crippen LogP contribution in [0.4, 0.5) is 0 Å². The van der Waals surface area contributed by atoms with E-state index in [2.05, 4.69) is 0 Å². The first-order chi connectivity index (χ1) is 8.59. The Labute approximate surface area is 113 Å². The molecule has 0 aromatic heterocycles. The lowest BCUT2D eigenvalue weighted by molar-refractivity contribution is -0.132. The van der Waals surface area contributed by atoms with Gasteiger partial charge in [0.2, 0.25) is 5.91 Å². The molecule has 2 atom stereocenters. The number of carbonyl (C=O) groups is 1. The Morgan fingerprint density at radius 3 is 2.94 bits per heavy atom. The average Bonchev–Trinajstić information content (AvgIpc) is 2.79. The van der Waals surface area contributed by atoms with Gasteiger partial charge in [-0.1, -0.05) is 29.8 Å². The topological polar surface area (TPSA) is 46.3 Å². The van der Waals surface area contributed by atoms with E-state index in [9.17, 15) is 4.79 Å². The van der Waals surface area contributed by atoms with Crippen LogP contribution in [0, 0.1) is 0 Å². The van der Waals surface area contributed by atoms with Gasteiger partial charge in [0.1, 0.15) is 0 Å². The molecule has 2 N–H and O–H groups in total. The van der Waals surface area contributed by atoms with Gasteiger partial charge in [0.15, 0.2) is 0 Å². The van der Waals surface area contributed by atoms with Crippen LogP contribution in [0.15, 0.2) is 24.3 Å². The number of amides is 1. The number of halogens is 1. The first-order valence-electron chi connectivity index (χ1n) is 6.39. The van der Waals surface area contributed by atoms with E-state index in [-0.39, 0.29) is 11.9 Å². The van der Waals surface area contributed by atoms with Crippen LogP contribution in [0.25, 0.3) is 0 Å². The van der Waals surface area contributed by atoms with Gasteiger partial charge in [0, 0.05) is 17.6 Å². The fraction of sp³-hybridized carbons (Fsp3) is 0.500. The van der Waals surface area contributed by atoms with Crippen molar-refractivity contribution in [3.05, 3.63) is 34.9 Å². The predicted molar refractivity (Wildman–Crippen MR) is 73.5 cm³/mol. The normalized spacial score (nSPS) is 21.1. The molecule has 1 aromatic carbocycles. The molecule has 1 heterocycles. The third-order valence-corrected chi connectivity index (χ3v) is 3.83. The SMILES string of the molecule is C[C@H](N)C(=O)N1CCC[C@@H]1Cc1ccccc1Cl. The summed E-state index contributed by atoms with van der Waals surface area (Å²) in [5.74, 6) is 0.0459. The lowest BCUT2D eigenvalue weighted by atomic mass is 10.0. The average molecular weight is 267 g/mol. The van der Waals surface area contributed by atoms with Crippen LogP contribution in [0.2, 0.25) is 5.02 Å². The molecule has 3 nitrogen and oxygen atoms in total. The predicted octanol–water partition coefficient (Wildman–Crippen LogP) is 2.22. The Morgan fingerprint density at radius 2 is 2.28 bits per heavy atom. The number of hydrogen-bond donors (Lipinski definition) is 1. The minimum atomic E-state index is -0.420. The quantitative estimate of drug-likeness (QED) is 0.912. The second-order valence-electron chi connectivity index (χ2n) is 4.91. The number of nitrogens with two attached hydrogens (primary N) is 1. The fourth-order valence-electron chi connectivity index (χ4n) is 2.52. The molecular formula is C14H19ClN2O. The zero-order valence-corrected chi connectivity index (χ0v) is 11.4. The third kappa shape index (κ3) is 2.85. The number of rotatable bonds is 3. The minimum Gasteiger partial charge on any atom is -0.338 e. The first-order valence-corrected chi connectivity index (χ1v) is 6.77. The van der Waals surface area contributed by atoms with E-state index in [0.29, 0.717) is 0 Å². The van der Waals surface area contributed by atoms with E-state index < -0.39 is 6.04 Å². The number of carbonyl (C=O) groups excluding carboxylic acids is 1. The second-order valence-corrected chi connectivity index (χ2v) is 5.32. The maximum Gasteiger partial charge on any atom is 0.239 e. The summed E-state index contributed by atoms with van der Waals surface area (Å²) in [7, 11) is 0. The van der Waals surface area contributed by atoms with Gasteiger partial charge in [-0.3, -0.25) is 4.79 Å². The molecule has 2 rings (SSSR count). The summed E-state index contributed by atoms with van der Waals surface area (Å²) in [6.07, 6.45) is 2.90. The van der Waals surface area contributed by atoms with Crippen molar-refractivity contribution in [3.63, 3.8) is 0 Å². The van der Waals surface area contributed by atoms with E-state index >= 15 is 0 Å². The van der Waals surface area contributed by atoms with Gasteiger partial charge in [0.25, 0.3) is 0 Å². The molecule has 1 aliphatic rings. The molecule has 0 unspecified atom stereocenters. The highest BCUT2D eigenvalue weighted by atomic mass is 35.5. The summed E-state index contributed by atoms with van der Waals surface area (Å²) in [5.41, 5.74) is 6.79. The zero-order valence-electron chi connectivity index (χ0n) is 10.6. The number of nitrogens with zero attached hydrogens (tertiary/aromatic N) is 1. The molecular weight excluding hydrogens is 248 g/mol. The molecule has 1 amide bonds. The molecule has 0 radical (unpaired) electrons. The van der Waals surface area contributed by atoms with Crippen molar-refractivity contribution >= 4 is 17.5 Å². The highest BCUT2D eigenvalue weighted by Gasteiger charge is 2.30. The molecule has 1 aromatic rings. The molecule has 1 saturated heterocycles. The van der Waals surface area contributed by atoms with Crippen LogP contribution < -0.4 is 5.73 Å². The molecule has 0 aliphatic carbocycles. The van der Waals surface area contributed by atoms with Gasteiger partial charge in [-0.2, -0.15) is 0 Å². The lowest BCUT2D eigenvalue weighted by Crippen LogP contribution is -2.45. The van der Waals surface area contributed by atoms with Gasteiger partial charge in [0.05, 0.1) is 6.04 Å². The third-order valence-electron chi connectivity index (χ3n) is 3.46. The number of hydrogen-bond acceptors (Lipinski definition) is 2. The van der Waals surface area contributed by atoms with Crippen LogP contribution >= 0.6 is 11.6 Å². The van der Waals surface area contributed by atoms with Crippen LogP contribution in [-0.4, -0.2) is 29.4 Å². The fourth-order valence-corrected chi connectivity index (χ4v) is 2.73. The van der Waals surface area contributed by atoms with Gasteiger partial charge in [-0.25, -0.2) is 0 Å². The standard InChI is InChI=1S/C14H19ClN2O/c1-10(16)14(18)17-8-4-6-12(17)9-11-5-2-3-7-13(11)15/h2-3,5,7,10,12H,4,6,8-9,16H2,1H3/t10-,12+/m0/s1. The van der Waals surface area contributed by atoms with Crippen molar-refractivity contribution in [2.45, 2.75) is 38.3 Å². The van der Waals surface area contributed by atoms with Crippen LogP contribution in [0.5, 0.6) is 0 Å². The van der Waals surface area contributed by atoms with Crippen molar-refractivity contribution in [1.29, 1.82) is 0 Å². The van der Waals surface area contributed by atoms with Gasteiger partial charge >= 0.3 is 0 Å². The summed E-state index contributed by atoms with van der Waals surface area (Å²) < 4.78 is 0. The smallest absolute Gasteiger partial charge is 0.239 e. The Bertz CT molecular complexity index is 434. The maximum atomic E-state index is 12.0. The van der Waals surface area contributed by atoms with E-state index in [0.717, 1.165) is 36.4 Å². The van der Waals surface area contributed by atoms with Crippen LogP contribution in [-0.2, 0) is 11.2 Å². The molecule has 1 aliphatic heterocycles. The summed E-state index contributed by atoms with van der Waals surface area (Å²) in [6, 6.07) is 7.64. The van der Waals surface area contributed by atoms with Crippen molar-refractivity contribution in [3.8, 4) is 0 Å². The first kappa shape index (κ1) is 13.4. The summed E-state index contributed by atoms with van der Waals surface area (Å²) >= 11 is 6.16. The zero-order chi connectivity index (χ0) is 13.1. The van der Waals surface area contributed by atoms with Crippen LogP contribution in [0.1, 0.15) is 25.3 Å². The van der Waals surface area contributed by atoms with Crippen molar-refractivity contribution in [2.75, 3.05) is 6.54 Å². The Hall–Kier alpha value is -1.06. The maximum absolute atomic E-state index is 12.0. The number of likely N-dealkylation sites (tertiary alicyclic amines) is 1. The molecule has 0 bridgehead atoms. The Kier molecular flexibility index (Phi) is 4.25. The molecule has 1 fully saturated rings. The Balaban J connectivity index is 2.09. The molecule has 0 spiro atoms. The summed E-state index contributed by atoms with van der Waals surface area (Å²) in [5, 5.41) is 0.776. The highest BCUT2D eigenvalue weighted by Crippen LogP contribution is 2.25. The van der Waals surface area contributed by atoms with Crippen molar-refractivity contribution in [1.82, 2.24) is 4.90 Å². The monoisotopic (exact) mass is 266 g/mol.